The van der Waals surface area contributed by atoms with Crippen molar-refractivity contribution in [1.82, 2.24) is 10.3 Å². The van der Waals surface area contributed by atoms with Crippen molar-refractivity contribution in [3.8, 4) is 0 Å². The minimum absolute atomic E-state index is 0.507. The molecule has 4 heteroatoms. The lowest BCUT2D eigenvalue weighted by atomic mass is 10.1. The molecule has 1 aromatic heterocycles. The summed E-state index contributed by atoms with van der Waals surface area (Å²) in [6, 6.07) is 0.507. The van der Waals surface area contributed by atoms with E-state index < -0.39 is 0 Å². The van der Waals surface area contributed by atoms with E-state index in [0.29, 0.717) is 17.9 Å². The molecular weight excluding hydrogens is 254 g/mol. The van der Waals surface area contributed by atoms with Gasteiger partial charge in [-0.15, -0.1) is 11.3 Å². The van der Waals surface area contributed by atoms with E-state index in [2.05, 4.69) is 57.1 Å². The molecule has 0 aliphatic heterocycles. The molecule has 0 aliphatic rings. The Labute approximate surface area is 122 Å². The molecule has 0 atom stereocenters. The maximum Gasteiger partial charge on any atom is 0.185 e. The lowest BCUT2D eigenvalue weighted by Gasteiger charge is -2.25. The summed E-state index contributed by atoms with van der Waals surface area (Å²) in [4.78, 5) is 7.20. The highest BCUT2D eigenvalue weighted by Crippen LogP contribution is 2.22. The van der Waals surface area contributed by atoms with Crippen LogP contribution in [-0.4, -0.2) is 24.1 Å². The Morgan fingerprint density at radius 1 is 1.11 bits per heavy atom. The third-order valence-electron chi connectivity index (χ3n) is 2.67. The van der Waals surface area contributed by atoms with Gasteiger partial charge in [0.2, 0.25) is 0 Å². The minimum Gasteiger partial charge on any atom is -0.348 e. The highest BCUT2D eigenvalue weighted by molar-refractivity contribution is 7.13. The van der Waals surface area contributed by atoms with Crippen LogP contribution in [0.2, 0.25) is 0 Å². The van der Waals surface area contributed by atoms with Crippen molar-refractivity contribution in [2.75, 3.05) is 18.0 Å². The molecular formula is C15H29N3S. The first-order valence-corrected chi connectivity index (χ1v) is 8.19. The van der Waals surface area contributed by atoms with Gasteiger partial charge in [0.25, 0.3) is 0 Å². The molecule has 0 aliphatic carbocycles. The van der Waals surface area contributed by atoms with E-state index in [0.717, 1.165) is 25.3 Å². The quantitative estimate of drug-likeness (QED) is 0.787. The molecule has 0 spiro atoms. The van der Waals surface area contributed by atoms with Crippen molar-refractivity contribution in [2.24, 2.45) is 11.8 Å². The van der Waals surface area contributed by atoms with Gasteiger partial charge in [-0.1, -0.05) is 41.5 Å². The number of rotatable bonds is 8. The number of hydrogen-bond donors (Lipinski definition) is 1. The van der Waals surface area contributed by atoms with Crippen LogP contribution in [-0.2, 0) is 6.54 Å². The van der Waals surface area contributed by atoms with Gasteiger partial charge in [-0.25, -0.2) is 4.98 Å². The summed E-state index contributed by atoms with van der Waals surface area (Å²) in [5.41, 5.74) is 1.16. The molecule has 0 aromatic carbocycles. The van der Waals surface area contributed by atoms with Crippen molar-refractivity contribution < 1.29 is 0 Å². The van der Waals surface area contributed by atoms with Gasteiger partial charge in [0.1, 0.15) is 0 Å². The zero-order valence-electron chi connectivity index (χ0n) is 13.2. The average Bonchev–Trinajstić information content (AvgIpc) is 2.72. The standard InChI is InChI=1S/C15H29N3S/c1-11(2)8-18(9-12(3)4)15-17-14(10-19-15)7-16-13(5)6/h10-13,16H,7-9H2,1-6H3. The number of hydrogen-bond acceptors (Lipinski definition) is 4. The molecule has 0 fully saturated rings. The van der Waals surface area contributed by atoms with Crippen LogP contribution >= 0.6 is 11.3 Å². The fourth-order valence-corrected chi connectivity index (χ4v) is 2.79. The summed E-state index contributed by atoms with van der Waals surface area (Å²) < 4.78 is 0. The van der Waals surface area contributed by atoms with Crippen molar-refractivity contribution >= 4 is 16.5 Å². The van der Waals surface area contributed by atoms with Crippen LogP contribution in [0.25, 0.3) is 0 Å². The Hall–Kier alpha value is -0.610. The molecule has 0 saturated carbocycles. The van der Waals surface area contributed by atoms with Crippen molar-refractivity contribution in [2.45, 2.75) is 54.1 Å². The monoisotopic (exact) mass is 283 g/mol. The Morgan fingerprint density at radius 3 is 2.16 bits per heavy atom. The van der Waals surface area contributed by atoms with Gasteiger partial charge < -0.3 is 10.2 Å². The minimum atomic E-state index is 0.507. The zero-order chi connectivity index (χ0) is 14.4. The first kappa shape index (κ1) is 16.4. The maximum atomic E-state index is 4.77. The van der Waals surface area contributed by atoms with Crippen molar-refractivity contribution in [3.05, 3.63) is 11.1 Å². The van der Waals surface area contributed by atoms with Crippen LogP contribution in [0.15, 0.2) is 5.38 Å². The van der Waals surface area contributed by atoms with E-state index >= 15 is 0 Å². The predicted molar refractivity (Wildman–Crippen MR) is 86.0 cm³/mol. The van der Waals surface area contributed by atoms with E-state index in [9.17, 15) is 0 Å². The average molecular weight is 283 g/mol. The van der Waals surface area contributed by atoms with E-state index in [-0.39, 0.29) is 0 Å². The summed E-state index contributed by atoms with van der Waals surface area (Å²) in [7, 11) is 0. The van der Waals surface area contributed by atoms with Gasteiger partial charge in [-0.2, -0.15) is 0 Å². The van der Waals surface area contributed by atoms with Gasteiger partial charge in [0.15, 0.2) is 5.13 Å². The molecule has 110 valence electrons. The second-order valence-electron chi connectivity index (χ2n) is 6.35. The lowest BCUT2D eigenvalue weighted by molar-refractivity contribution is 0.549. The maximum absolute atomic E-state index is 4.77. The highest BCUT2D eigenvalue weighted by Gasteiger charge is 2.14. The molecule has 0 amide bonds. The van der Waals surface area contributed by atoms with Gasteiger partial charge >= 0.3 is 0 Å². The number of nitrogens with zero attached hydrogens (tertiary/aromatic N) is 2. The summed E-state index contributed by atoms with van der Waals surface area (Å²) >= 11 is 1.77. The Balaban J connectivity index is 2.67. The largest absolute Gasteiger partial charge is 0.348 e. The highest BCUT2D eigenvalue weighted by atomic mass is 32.1. The topological polar surface area (TPSA) is 28.2 Å². The lowest BCUT2D eigenvalue weighted by Crippen LogP contribution is -2.31. The number of nitrogens with one attached hydrogen (secondary N) is 1. The third kappa shape index (κ3) is 6.39. The molecule has 1 aromatic rings. The van der Waals surface area contributed by atoms with Crippen LogP contribution in [0.4, 0.5) is 5.13 Å². The number of aromatic nitrogens is 1. The normalized spacial score (nSPS) is 11.8. The molecule has 1 rings (SSSR count). The smallest absolute Gasteiger partial charge is 0.185 e. The zero-order valence-corrected chi connectivity index (χ0v) is 14.0. The summed E-state index contributed by atoms with van der Waals surface area (Å²) in [6.45, 7) is 16.4. The molecule has 0 saturated heterocycles. The predicted octanol–water partition coefficient (Wildman–Crippen LogP) is 3.76. The fourth-order valence-electron chi connectivity index (χ4n) is 1.94. The second-order valence-corrected chi connectivity index (χ2v) is 7.19. The Morgan fingerprint density at radius 2 is 1.68 bits per heavy atom. The van der Waals surface area contributed by atoms with E-state index in [1.54, 1.807) is 11.3 Å². The molecule has 1 heterocycles. The van der Waals surface area contributed by atoms with Gasteiger partial charge in [-0.05, 0) is 11.8 Å². The second kappa shape index (κ2) is 7.85. The van der Waals surface area contributed by atoms with Crippen LogP contribution in [0, 0.1) is 11.8 Å². The van der Waals surface area contributed by atoms with Crippen LogP contribution in [0.5, 0.6) is 0 Å². The summed E-state index contributed by atoms with van der Waals surface area (Å²) in [6.07, 6.45) is 0. The van der Waals surface area contributed by atoms with Gasteiger partial charge in [0, 0.05) is 31.1 Å². The van der Waals surface area contributed by atoms with Gasteiger partial charge in [0.05, 0.1) is 5.69 Å². The number of anilines is 1. The first-order valence-electron chi connectivity index (χ1n) is 7.31. The SMILES string of the molecule is CC(C)CN(CC(C)C)c1nc(CNC(C)C)cs1. The van der Waals surface area contributed by atoms with Crippen molar-refractivity contribution in [1.29, 1.82) is 0 Å². The van der Waals surface area contributed by atoms with Crippen LogP contribution in [0.1, 0.15) is 47.2 Å². The molecule has 0 bridgehead atoms. The Bertz CT molecular complexity index is 348. The van der Waals surface area contributed by atoms with E-state index in [1.165, 1.54) is 5.13 Å². The van der Waals surface area contributed by atoms with Crippen LogP contribution in [0.3, 0.4) is 0 Å². The Kier molecular flexibility index (Phi) is 6.80. The van der Waals surface area contributed by atoms with Crippen LogP contribution < -0.4 is 10.2 Å². The van der Waals surface area contributed by atoms with E-state index in [1.807, 2.05) is 0 Å². The molecule has 1 N–H and O–H groups in total. The summed E-state index contributed by atoms with van der Waals surface area (Å²) in [5, 5.41) is 6.77. The summed E-state index contributed by atoms with van der Waals surface area (Å²) in [5.74, 6) is 1.33. The first-order chi connectivity index (χ1) is 8.88. The van der Waals surface area contributed by atoms with Gasteiger partial charge in [-0.3, -0.25) is 0 Å². The third-order valence-corrected chi connectivity index (χ3v) is 3.62. The fraction of sp³-hybridized carbons (Fsp3) is 0.800. The molecule has 0 unspecified atom stereocenters. The molecule has 3 nitrogen and oxygen atoms in total. The molecule has 0 radical (unpaired) electrons. The molecule has 19 heavy (non-hydrogen) atoms. The van der Waals surface area contributed by atoms with Crippen molar-refractivity contribution in [3.63, 3.8) is 0 Å². The number of thiazole rings is 1. The van der Waals surface area contributed by atoms with E-state index in [4.69, 9.17) is 4.98 Å².